The van der Waals surface area contributed by atoms with Gasteiger partial charge in [0.15, 0.2) is 5.96 Å². The molecule has 0 heterocycles. The molecule has 3 aromatic carbocycles. The highest BCUT2D eigenvalue weighted by Crippen LogP contribution is 2.30. The third kappa shape index (κ3) is 8.31. The van der Waals surface area contributed by atoms with Crippen LogP contribution < -0.4 is 16.2 Å². The second-order valence-corrected chi connectivity index (χ2v) is 10.5. The van der Waals surface area contributed by atoms with Gasteiger partial charge in [0.2, 0.25) is 5.91 Å². The predicted molar refractivity (Wildman–Crippen MR) is 157 cm³/mol. The number of carbonyl (C=O) groups is 3. The molecule has 0 atom stereocenters. The Morgan fingerprint density at radius 2 is 1.63 bits per heavy atom. The molecule has 41 heavy (non-hydrogen) atoms. The lowest BCUT2D eigenvalue weighted by Gasteiger charge is -2.36. The molecule has 1 fully saturated rings. The van der Waals surface area contributed by atoms with Crippen molar-refractivity contribution in [3.8, 4) is 5.75 Å². The van der Waals surface area contributed by atoms with Gasteiger partial charge in [-0.25, -0.2) is 9.79 Å². The second kappa shape index (κ2) is 13.8. The zero-order chi connectivity index (χ0) is 29.4. The summed E-state index contributed by atoms with van der Waals surface area (Å²) in [4.78, 5) is 43.2. The Labute approximate surface area is 243 Å². The average Bonchev–Trinajstić information content (AvgIpc) is 2.96. The summed E-state index contributed by atoms with van der Waals surface area (Å²) in [6.45, 7) is 0.470. The molecular formula is C31H33ClN4O5. The zero-order valence-corrected chi connectivity index (χ0v) is 23.3. The van der Waals surface area contributed by atoms with Crippen molar-refractivity contribution in [2.24, 2.45) is 22.4 Å². The van der Waals surface area contributed by atoms with Crippen LogP contribution in [0.4, 0.5) is 5.69 Å². The van der Waals surface area contributed by atoms with Gasteiger partial charge in [0.1, 0.15) is 5.75 Å². The van der Waals surface area contributed by atoms with Crippen molar-refractivity contribution >= 4 is 41.1 Å². The van der Waals surface area contributed by atoms with Crippen LogP contribution in [-0.2, 0) is 22.6 Å². The number of carboxylic acid groups (broad SMARTS) is 1. The first kappa shape index (κ1) is 29.6. The van der Waals surface area contributed by atoms with Crippen molar-refractivity contribution in [2.45, 2.75) is 51.1 Å². The summed E-state index contributed by atoms with van der Waals surface area (Å²) in [6, 6.07) is 21.0. The number of rotatable bonds is 10. The Kier molecular flexibility index (Phi) is 9.97. The third-order valence-electron chi connectivity index (χ3n) is 7.21. The molecule has 1 amide bonds. The fourth-order valence-corrected chi connectivity index (χ4v) is 5.27. The van der Waals surface area contributed by atoms with E-state index in [1.807, 2.05) is 35.2 Å². The standard InChI is InChI=1S/C31H33ClN4O5/c32-27-18-26(41-30(40)23-6-12-24(13-7-23)35-31(33)34)16-10-21(27)11-17-28(37)36(19-20-4-2-1-3-5-20)25-14-8-22(9-15-25)29(38)39/h1-7,10,12-13,16,18,22,25H,8-9,11,14-15,17,19H2,(H,38,39)(H4,33,34,35). The van der Waals surface area contributed by atoms with Crippen LogP contribution in [0.25, 0.3) is 0 Å². The lowest BCUT2D eigenvalue weighted by molar-refractivity contribution is -0.143. The number of amides is 1. The number of halogens is 1. The molecule has 0 saturated heterocycles. The summed E-state index contributed by atoms with van der Waals surface area (Å²) in [6.07, 6.45) is 3.09. The average molecular weight is 577 g/mol. The normalized spacial score (nSPS) is 16.4. The second-order valence-electron chi connectivity index (χ2n) is 10.1. The molecule has 1 aliphatic rings. The summed E-state index contributed by atoms with van der Waals surface area (Å²) in [5.74, 6) is -1.49. The van der Waals surface area contributed by atoms with Crippen molar-refractivity contribution in [3.63, 3.8) is 0 Å². The number of hydrogen-bond donors (Lipinski definition) is 3. The van der Waals surface area contributed by atoms with E-state index in [1.54, 1.807) is 42.5 Å². The number of nitrogens with two attached hydrogens (primary N) is 2. The number of nitrogens with zero attached hydrogens (tertiary/aromatic N) is 2. The van der Waals surface area contributed by atoms with E-state index in [0.717, 1.165) is 11.1 Å². The van der Waals surface area contributed by atoms with Gasteiger partial charge in [0.05, 0.1) is 17.2 Å². The number of benzene rings is 3. The van der Waals surface area contributed by atoms with E-state index < -0.39 is 11.9 Å². The van der Waals surface area contributed by atoms with Crippen molar-refractivity contribution in [2.75, 3.05) is 0 Å². The fourth-order valence-electron chi connectivity index (χ4n) is 5.00. The van der Waals surface area contributed by atoms with Gasteiger partial charge in [0, 0.05) is 24.0 Å². The van der Waals surface area contributed by atoms with Crippen LogP contribution in [0.3, 0.4) is 0 Å². The van der Waals surface area contributed by atoms with Gasteiger partial charge < -0.3 is 26.2 Å². The zero-order valence-electron chi connectivity index (χ0n) is 22.5. The van der Waals surface area contributed by atoms with Crippen LogP contribution >= 0.6 is 11.6 Å². The van der Waals surface area contributed by atoms with Crippen molar-refractivity contribution in [1.29, 1.82) is 0 Å². The van der Waals surface area contributed by atoms with Crippen molar-refractivity contribution in [3.05, 3.63) is 94.5 Å². The number of hydrogen-bond acceptors (Lipinski definition) is 5. The lowest BCUT2D eigenvalue weighted by Crippen LogP contribution is -2.42. The molecule has 0 aromatic heterocycles. The minimum Gasteiger partial charge on any atom is -0.481 e. The van der Waals surface area contributed by atoms with Crippen LogP contribution in [0.5, 0.6) is 5.75 Å². The maximum atomic E-state index is 13.5. The molecule has 0 radical (unpaired) electrons. The largest absolute Gasteiger partial charge is 0.481 e. The highest BCUT2D eigenvalue weighted by atomic mass is 35.5. The highest BCUT2D eigenvalue weighted by Gasteiger charge is 2.31. The van der Waals surface area contributed by atoms with E-state index >= 15 is 0 Å². The Hall–Kier alpha value is -4.37. The van der Waals surface area contributed by atoms with Crippen LogP contribution in [0.1, 0.15) is 53.6 Å². The smallest absolute Gasteiger partial charge is 0.343 e. The van der Waals surface area contributed by atoms with Gasteiger partial charge in [-0.1, -0.05) is 48.0 Å². The minimum absolute atomic E-state index is 0.0101. The molecule has 0 unspecified atom stereocenters. The number of esters is 1. The number of ether oxygens (including phenoxy) is 1. The van der Waals surface area contributed by atoms with Crippen LogP contribution in [0.15, 0.2) is 77.8 Å². The van der Waals surface area contributed by atoms with Crippen LogP contribution in [0, 0.1) is 5.92 Å². The van der Waals surface area contributed by atoms with Gasteiger partial charge >= 0.3 is 11.9 Å². The van der Waals surface area contributed by atoms with Gasteiger partial charge in [-0.15, -0.1) is 0 Å². The van der Waals surface area contributed by atoms with E-state index in [9.17, 15) is 19.5 Å². The molecule has 5 N–H and O–H groups in total. The molecule has 9 nitrogen and oxygen atoms in total. The van der Waals surface area contributed by atoms with E-state index in [-0.39, 0.29) is 36.0 Å². The van der Waals surface area contributed by atoms with Gasteiger partial charge in [-0.05, 0) is 79.6 Å². The molecule has 4 rings (SSSR count). The van der Waals surface area contributed by atoms with E-state index in [2.05, 4.69) is 4.99 Å². The Balaban J connectivity index is 1.38. The topological polar surface area (TPSA) is 148 Å². The van der Waals surface area contributed by atoms with E-state index in [1.165, 1.54) is 0 Å². The quantitative estimate of drug-likeness (QED) is 0.132. The van der Waals surface area contributed by atoms with Crippen molar-refractivity contribution < 1.29 is 24.2 Å². The number of aliphatic carboxylic acids is 1. The highest BCUT2D eigenvalue weighted by molar-refractivity contribution is 6.31. The number of aliphatic imine (C=N–C) groups is 1. The molecule has 1 saturated carbocycles. The first-order chi connectivity index (χ1) is 19.7. The monoisotopic (exact) mass is 576 g/mol. The van der Waals surface area contributed by atoms with Gasteiger partial charge in [-0.3, -0.25) is 9.59 Å². The molecule has 10 heteroatoms. The van der Waals surface area contributed by atoms with Gasteiger partial charge in [0.25, 0.3) is 0 Å². The molecule has 0 bridgehead atoms. The Bertz CT molecular complexity index is 1400. The fraction of sp³-hybridized carbons (Fsp3) is 0.290. The first-order valence-corrected chi connectivity index (χ1v) is 13.8. The maximum absolute atomic E-state index is 13.5. The Morgan fingerprint density at radius 1 is 0.951 bits per heavy atom. The minimum atomic E-state index is -0.770. The lowest BCUT2D eigenvalue weighted by atomic mass is 9.85. The van der Waals surface area contributed by atoms with E-state index in [4.69, 9.17) is 27.8 Å². The summed E-state index contributed by atoms with van der Waals surface area (Å²) >= 11 is 6.51. The summed E-state index contributed by atoms with van der Waals surface area (Å²) in [5.41, 5.74) is 13.4. The molecule has 214 valence electrons. The maximum Gasteiger partial charge on any atom is 0.343 e. The van der Waals surface area contributed by atoms with Crippen molar-refractivity contribution in [1.82, 2.24) is 4.90 Å². The predicted octanol–water partition coefficient (Wildman–Crippen LogP) is 5.07. The molecular weight excluding hydrogens is 544 g/mol. The number of carbonyl (C=O) groups excluding carboxylic acids is 2. The van der Waals surface area contributed by atoms with Gasteiger partial charge in [-0.2, -0.15) is 0 Å². The van der Waals surface area contributed by atoms with E-state index in [0.29, 0.717) is 54.9 Å². The third-order valence-corrected chi connectivity index (χ3v) is 7.56. The summed E-state index contributed by atoms with van der Waals surface area (Å²) in [7, 11) is 0. The first-order valence-electron chi connectivity index (χ1n) is 13.5. The number of aryl methyl sites for hydroxylation is 1. The molecule has 0 spiro atoms. The molecule has 0 aliphatic heterocycles. The molecule has 1 aliphatic carbocycles. The summed E-state index contributed by atoms with van der Waals surface area (Å²) in [5, 5.41) is 9.76. The molecule has 3 aromatic rings. The number of guanidine groups is 1. The summed E-state index contributed by atoms with van der Waals surface area (Å²) < 4.78 is 5.47. The number of carboxylic acids is 1. The van der Waals surface area contributed by atoms with Crippen LogP contribution in [0.2, 0.25) is 5.02 Å². The van der Waals surface area contributed by atoms with Crippen LogP contribution in [-0.4, -0.2) is 39.9 Å². The Morgan fingerprint density at radius 3 is 2.24 bits per heavy atom. The SMILES string of the molecule is NC(N)=Nc1ccc(C(=O)Oc2ccc(CCC(=O)N(Cc3ccccc3)C3CCC(C(=O)O)CC3)c(Cl)c2)cc1.